The molecule has 0 heterocycles. The molecule has 0 spiro atoms. The van der Waals surface area contributed by atoms with Gasteiger partial charge in [0.25, 0.3) is 0 Å². The molecule has 0 unspecified atom stereocenters. The van der Waals surface area contributed by atoms with Gasteiger partial charge in [0.1, 0.15) is 0 Å². The fraction of sp³-hybridized carbons (Fsp3) is 0.500. The van der Waals surface area contributed by atoms with Crippen molar-refractivity contribution in [2.75, 3.05) is 0 Å². The van der Waals surface area contributed by atoms with Crippen molar-refractivity contribution in [3.63, 3.8) is 0 Å². The topological polar surface area (TPSA) is 82.9 Å². The molecule has 6 heteroatoms. The van der Waals surface area contributed by atoms with E-state index in [1.165, 1.54) is 0 Å². The monoisotopic (exact) mass is 302 g/mol. The highest BCUT2D eigenvalue weighted by atomic mass is 16.2. The maximum absolute atomic E-state index is 11.5. The summed E-state index contributed by atoms with van der Waals surface area (Å²) in [5, 5.41) is 7.67. The lowest BCUT2D eigenvalue weighted by Gasteiger charge is -2.12. The largest absolute Gasteiger partial charge is 0.331 e. The van der Waals surface area contributed by atoms with Crippen LogP contribution in [0, 0.1) is 11.8 Å². The molecule has 0 saturated carbocycles. The zero-order chi connectivity index (χ0) is 15.6. The minimum atomic E-state index is -0.803. The third-order valence-electron chi connectivity index (χ3n) is 3.73. The van der Waals surface area contributed by atoms with Crippen LogP contribution in [-0.2, 0) is 9.59 Å². The van der Waals surface area contributed by atoms with E-state index < -0.39 is 11.8 Å². The number of hydrazone groups is 2. The third kappa shape index (κ3) is 5.63. The zero-order valence-electron chi connectivity index (χ0n) is 12.6. The fourth-order valence-electron chi connectivity index (χ4n) is 2.41. The van der Waals surface area contributed by atoms with Crippen LogP contribution < -0.4 is 10.9 Å². The second-order valence-electron chi connectivity index (χ2n) is 5.53. The number of hydrogen-bond donors (Lipinski definition) is 2. The molecule has 2 amide bonds. The van der Waals surface area contributed by atoms with E-state index in [9.17, 15) is 9.59 Å². The normalized spacial score (nSPS) is 24.7. The van der Waals surface area contributed by atoms with E-state index in [1.807, 2.05) is 0 Å². The molecule has 0 aliphatic heterocycles. The van der Waals surface area contributed by atoms with Gasteiger partial charge in [-0.1, -0.05) is 24.3 Å². The summed E-state index contributed by atoms with van der Waals surface area (Å²) in [6, 6.07) is 0. The van der Waals surface area contributed by atoms with E-state index in [2.05, 4.69) is 45.4 Å². The van der Waals surface area contributed by atoms with E-state index in [0.29, 0.717) is 11.8 Å². The molecule has 0 fully saturated rings. The lowest BCUT2D eigenvalue weighted by molar-refractivity contribution is -0.139. The summed E-state index contributed by atoms with van der Waals surface area (Å²) in [4.78, 5) is 23.1. The van der Waals surface area contributed by atoms with E-state index >= 15 is 0 Å². The molecule has 0 aromatic heterocycles. The number of nitrogens with zero attached hydrogens (tertiary/aromatic N) is 2. The van der Waals surface area contributed by atoms with Crippen molar-refractivity contribution in [2.45, 2.75) is 38.5 Å². The van der Waals surface area contributed by atoms with Crippen LogP contribution in [0.2, 0.25) is 0 Å². The Morgan fingerprint density at radius 1 is 0.818 bits per heavy atom. The lowest BCUT2D eigenvalue weighted by Crippen LogP contribution is -2.35. The molecule has 22 heavy (non-hydrogen) atoms. The minimum Gasteiger partial charge on any atom is -0.262 e. The number of allylic oxidation sites excluding steroid dienone is 4. The summed E-state index contributed by atoms with van der Waals surface area (Å²) in [7, 11) is 0. The van der Waals surface area contributed by atoms with Crippen LogP contribution in [0.5, 0.6) is 0 Å². The van der Waals surface area contributed by atoms with Gasteiger partial charge in [-0.25, -0.2) is 10.9 Å². The summed E-state index contributed by atoms with van der Waals surface area (Å²) in [5.74, 6) is -0.956. The number of hydrogen-bond acceptors (Lipinski definition) is 4. The van der Waals surface area contributed by atoms with Gasteiger partial charge in [-0.05, 0) is 50.4 Å². The SMILES string of the molecule is O=C(N/N=C\[C@H]1CC=CCC1)C(=O)N/N=C\[C@H]1CC=CCC1. The van der Waals surface area contributed by atoms with Crippen molar-refractivity contribution in [3.8, 4) is 0 Å². The predicted molar refractivity (Wildman–Crippen MR) is 86.2 cm³/mol. The standard InChI is InChI=1S/C16H22N4O2/c21-15(19-17-11-13-7-3-1-4-8-13)16(22)20-18-12-14-9-5-2-6-10-14/h1-3,5,11-14H,4,6-10H2,(H,19,21)(H,20,22)/b17-11-,18-12-/t13-,14-/m0/s1. The molecule has 2 N–H and O–H groups in total. The molecular weight excluding hydrogens is 280 g/mol. The van der Waals surface area contributed by atoms with Crippen LogP contribution in [0.4, 0.5) is 0 Å². The van der Waals surface area contributed by atoms with Crippen LogP contribution >= 0.6 is 0 Å². The highest BCUT2D eigenvalue weighted by Crippen LogP contribution is 2.16. The predicted octanol–water partition coefficient (Wildman–Crippen LogP) is 1.90. The van der Waals surface area contributed by atoms with Gasteiger partial charge in [0.2, 0.25) is 0 Å². The maximum atomic E-state index is 11.5. The van der Waals surface area contributed by atoms with Crippen molar-refractivity contribution in [3.05, 3.63) is 24.3 Å². The first-order chi connectivity index (χ1) is 10.8. The molecule has 0 saturated heterocycles. The summed E-state index contributed by atoms with van der Waals surface area (Å²) < 4.78 is 0. The van der Waals surface area contributed by atoms with Crippen molar-refractivity contribution in [2.24, 2.45) is 22.0 Å². The van der Waals surface area contributed by atoms with Gasteiger partial charge in [-0.3, -0.25) is 9.59 Å². The average Bonchev–Trinajstić information content (AvgIpc) is 2.56. The van der Waals surface area contributed by atoms with Crippen LogP contribution in [-0.4, -0.2) is 24.2 Å². The molecule has 2 aliphatic carbocycles. The molecule has 0 radical (unpaired) electrons. The Kier molecular flexibility index (Phi) is 6.54. The van der Waals surface area contributed by atoms with Crippen LogP contribution in [0.15, 0.2) is 34.5 Å². The van der Waals surface area contributed by atoms with Gasteiger partial charge < -0.3 is 0 Å². The van der Waals surface area contributed by atoms with Crippen molar-refractivity contribution in [1.29, 1.82) is 0 Å². The molecule has 118 valence electrons. The van der Waals surface area contributed by atoms with Gasteiger partial charge in [-0.2, -0.15) is 10.2 Å². The third-order valence-corrected chi connectivity index (χ3v) is 3.73. The number of amides is 2. The summed E-state index contributed by atoms with van der Waals surface area (Å²) >= 11 is 0. The molecule has 0 aromatic carbocycles. The summed E-state index contributed by atoms with van der Waals surface area (Å²) in [6.07, 6.45) is 17.8. The Morgan fingerprint density at radius 3 is 1.64 bits per heavy atom. The summed E-state index contributed by atoms with van der Waals surface area (Å²) in [6.45, 7) is 0. The lowest BCUT2D eigenvalue weighted by atomic mass is 9.96. The van der Waals surface area contributed by atoms with E-state index in [1.54, 1.807) is 12.4 Å². The molecule has 2 aliphatic rings. The Labute approximate surface area is 130 Å². The van der Waals surface area contributed by atoms with Crippen molar-refractivity contribution >= 4 is 24.2 Å². The molecule has 0 aromatic rings. The smallest absolute Gasteiger partial charge is 0.262 e. The Balaban J connectivity index is 1.66. The molecule has 6 nitrogen and oxygen atoms in total. The molecule has 2 rings (SSSR count). The van der Waals surface area contributed by atoms with Gasteiger partial charge in [-0.15, -0.1) is 0 Å². The van der Waals surface area contributed by atoms with Crippen LogP contribution in [0.25, 0.3) is 0 Å². The van der Waals surface area contributed by atoms with Crippen LogP contribution in [0.1, 0.15) is 38.5 Å². The quantitative estimate of drug-likeness (QED) is 0.360. The van der Waals surface area contributed by atoms with E-state index in [-0.39, 0.29) is 0 Å². The Hall–Kier alpha value is -2.24. The first-order valence-corrected chi connectivity index (χ1v) is 7.72. The van der Waals surface area contributed by atoms with Crippen molar-refractivity contribution < 1.29 is 9.59 Å². The first-order valence-electron chi connectivity index (χ1n) is 7.72. The Bertz CT molecular complexity index is 462. The second kappa shape index (κ2) is 8.92. The minimum absolute atomic E-state index is 0.325. The number of rotatable bonds is 4. The first kappa shape index (κ1) is 16.1. The van der Waals surface area contributed by atoms with Gasteiger partial charge in [0.15, 0.2) is 0 Å². The van der Waals surface area contributed by atoms with Gasteiger partial charge in [0.05, 0.1) is 0 Å². The van der Waals surface area contributed by atoms with Gasteiger partial charge in [0, 0.05) is 12.4 Å². The maximum Gasteiger partial charge on any atom is 0.331 e. The number of carbonyl (C=O) groups is 2. The second-order valence-corrected chi connectivity index (χ2v) is 5.53. The zero-order valence-corrected chi connectivity index (χ0v) is 12.6. The van der Waals surface area contributed by atoms with E-state index in [4.69, 9.17) is 0 Å². The molecule has 0 bridgehead atoms. The molecule has 2 atom stereocenters. The highest BCUT2D eigenvalue weighted by Gasteiger charge is 2.13. The Morgan fingerprint density at radius 2 is 1.27 bits per heavy atom. The average molecular weight is 302 g/mol. The fourth-order valence-corrected chi connectivity index (χ4v) is 2.41. The highest BCUT2D eigenvalue weighted by molar-refractivity contribution is 6.35. The summed E-state index contributed by atoms with van der Waals surface area (Å²) in [5.41, 5.74) is 4.45. The van der Waals surface area contributed by atoms with E-state index in [0.717, 1.165) is 38.5 Å². The number of nitrogens with one attached hydrogen (secondary N) is 2. The molecular formula is C16H22N4O2. The number of carbonyl (C=O) groups excluding carboxylic acids is 2. The van der Waals surface area contributed by atoms with Crippen molar-refractivity contribution in [1.82, 2.24) is 10.9 Å². The van der Waals surface area contributed by atoms with Crippen LogP contribution in [0.3, 0.4) is 0 Å². The van der Waals surface area contributed by atoms with Gasteiger partial charge >= 0.3 is 11.8 Å².